The number of benzene rings is 2. The molecule has 2 aliphatic heterocycles. The van der Waals surface area contributed by atoms with Gasteiger partial charge in [0.15, 0.2) is 0 Å². The van der Waals surface area contributed by atoms with E-state index in [0.717, 1.165) is 4.90 Å². The molecule has 0 aliphatic carbocycles. The Hall–Kier alpha value is -2.42. The zero-order valence-electron chi connectivity index (χ0n) is 15.1. The van der Waals surface area contributed by atoms with Crippen molar-refractivity contribution in [1.82, 2.24) is 5.32 Å². The van der Waals surface area contributed by atoms with Crippen molar-refractivity contribution in [2.24, 2.45) is 11.8 Å². The predicted octanol–water partition coefficient (Wildman–Crippen LogP) is 3.10. The number of aromatic hydroxyl groups is 1. The average molecular weight is 480 g/mol. The first-order chi connectivity index (χ1) is 13.6. The van der Waals surface area contributed by atoms with Crippen LogP contribution in [0.3, 0.4) is 0 Å². The van der Waals surface area contributed by atoms with Gasteiger partial charge in [0, 0.05) is 21.1 Å². The van der Waals surface area contributed by atoms with Crippen LogP contribution in [0.5, 0.6) is 5.75 Å². The SMILES string of the molecule is C[C@]1(C(=O)O)N[C@H](c2cc(Br)ccc2O)[C@H]2C(=O)N(c3cccc(Cl)c3)C(=O)[C@@H]21. The van der Waals surface area contributed by atoms with Crippen LogP contribution in [-0.4, -0.2) is 33.5 Å². The normalized spacial score (nSPS) is 28.7. The number of carboxylic acids is 1. The van der Waals surface area contributed by atoms with Gasteiger partial charge in [0.1, 0.15) is 11.3 Å². The monoisotopic (exact) mass is 478 g/mol. The van der Waals surface area contributed by atoms with Crippen molar-refractivity contribution in [2.75, 3.05) is 4.90 Å². The van der Waals surface area contributed by atoms with Crippen LogP contribution >= 0.6 is 27.5 Å². The Morgan fingerprint density at radius 2 is 1.93 bits per heavy atom. The second kappa shape index (κ2) is 6.83. The molecule has 7 nitrogen and oxygen atoms in total. The van der Waals surface area contributed by atoms with Crippen molar-refractivity contribution in [3.05, 3.63) is 57.5 Å². The summed E-state index contributed by atoms with van der Waals surface area (Å²) < 4.78 is 0.649. The highest BCUT2D eigenvalue weighted by atomic mass is 79.9. The molecule has 2 fully saturated rings. The number of imide groups is 1. The molecule has 4 atom stereocenters. The van der Waals surface area contributed by atoms with Crippen LogP contribution in [0.2, 0.25) is 5.02 Å². The van der Waals surface area contributed by atoms with Gasteiger partial charge in [-0.1, -0.05) is 33.6 Å². The number of carbonyl (C=O) groups is 3. The molecule has 0 bridgehead atoms. The molecule has 4 rings (SSSR count). The third-order valence-corrected chi connectivity index (χ3v) is 6.35. The molecule has 3 N–H and O–H groups in total. The van der Waals surface area contributed by atoms with Gasteiger partial charge in [0.2, 0.25) is 11.8 Å². The average Bonchev–Trinajstić information content (AvgIpc) is 3.11. The first kappa shape index (κ1) is 19.9. The molecule has 0 unspecified atom stereocenters. The van der Waals surface area contributed by atoms with Gasteiger partial charge in [-0.2, -0.15) is 0 Å². The highest BCUT2D eigenvalue weighted by molar-refractivity contribution is 9.10. The number of hydrogen-bond donors (Lipinski definition) is 3. The second-order valence-corrected chi connectivity index (χ2v) is 8.68. The van der Waals surface area contributed by atoms with E-state index in [2.05, 4.69) is 21.2 Å². The smallest absolute Gasteiger partial charge is 0.324 e. The minimum atomic E-state index is -1.69. The summed E-state index contributed by atoms with van der Waals surface area (Å²) in [5.41, 5.74) is -1.07. The first-order valence-electron chi connectivity index (χ1n) is 8.78. The fourth-order valence-corrected chi connectivity index (χ4v) is 4.81. The summed E-state index contributed by atoms with van der Waals surface area (Å²) in [7, 11) is 0. The lowest BCUT2D eigenvalue weighted by molar-refractivity contribution is -0.147. The number of halogens is 2. The Kier molecular flexibility index (Phi) is 4.68. The number of phenolic OH excluding ortho intramolecular Hbond substituents is 1. The fourth-order valence-electron chi connectivity index (χ4n) is 4.25. The Bertz CT molecular complexity index is 1060. The van der Waals surface area contributed by atoms with E-state index in [1.807, 2.05) is 0 Å². The standard InChI is InChI=1S/C20H16BrClN2O5/c1-20(19(28)29)15-14(16(23-20)12-7-9(21)5-6-13(12)25)17(26)24(18(15)27)11-4-2-3-10(22)8-11/h2-8,14-16,23,25H,1H3,(H,28,29)/t14-,15+,16+,20-/m0/s1. The maximum absolute atomic E-state index is 13.3. The van der Waals surface area contributed by atoms with Gasteiger partial charge in [-0.25, -0.2) is 4.90 Å². The van der Waals surface area contributed by atoms with Crippen LogP contribution in [-0.2, 0) is 14.4 Å². The molecular weight excluding hydrogens is 464 g/mol. The van der Waals surface area contributed by atoms with Crippen LogP contribution in [0.4, 0.5) is 5.69 Å². The number of hydrogen-bond acceptors (Lipinski definition) is 5. The molecule has 29 heavy (non-hydrogen) atoms. The largest absolute Gasteiger partial charge is 0.508 e. The quantitative estimate of drug-likeness (QED) is 0.584. The number of rotatable bonds is 3. The minimum absolute atomic E-state index is 0.0967. The summed E-state index contributed by atoms with van der Waals surface area (Å²) in [5, 5.41) is 23.5. The van der Waals surface area contributed by atoms with Crippen molar-refractivity contribution >= 4 is 51.0 Å². The molecule has 2 saturated heterocycles. The lowest BCUT2D eigenvalue weighted by Crippen LogP contribution is -2.53. The van der Waals surface area contributed by atoms with E-state index in [-0.39, 0.29) is 11.4 Å². The van der Waals surface area contributed by atoms with Gasteiger partial charge in [0.05, 0.1) is 17.5 Å². The van der Waals surface area contributed by atoms with Crippen molar-refractivity contribution in [2.45, 2.75) is 18.5 Å². The zero-order chi connectivity index (χ0) is 21.1. The van der Waals surface area contributed by atoms with Gasteiger partial charge in [-0.05, 0) is 43.3 Å². The maximum Gasteiger partial charge on any atom is 0.324 e. The Morgan fingerprint density at radius 3 is 2.59 bits per heavy atom. The summed E-state index contributed by atoms with van der Waals surface area (Å²) in [6, 6.07) is 10.1. The fraction of sp³-hybridized carbons (Fsp3) is 0.250. The molecular formula is C20H16BrClN2O5. The van der Waals surface area contributed by atoms with Gasteiger partial charge < -0.3 is 10.2 Å². The molecule has 0 aromatic heterocycles. The zero-order valence-corrected chi connectivity index (χ0v) is 17.4. The number of carboxylic acid groups (broad SMARTS) is 1. The van der Waals surface area contributed by atoms with E-state index in [0.29, 0.717) is 15.1 Å². The third-order valence-electron chi connectivity index (χ3n) is 5.62. The molecule has 0 radical (unpaired) electrons. The molecule has 150 valence electrons. The van der Waals surface area contributed by atoms with Crippen molar-refractivity contribution < 1.29 is 24.6 Å². The van der Waals surface area contributed by atoms with Gasteiger partial charge in [-0.15, -0.1) is 0 Å². The first-order valence-corrected chi connectivity index (χ1v) is 9.95. The van der Waals surface area contributed by atoms with Crippen LogP contribution in [0, 0.1) is 11.8 Å². The molecule has 2 heterocycles. The van der Waals surface area contributed by atoms with Crippen molar-refractivity contribution in [3.8, 4) is 5.75 Å². The van der Waals surface area contributed by atoms with Gasteiger partial charge in [-0.3, -0.25) is 19.7 Å². The van der Waals surface area contributed by atoms with Crippen LogP contribution in [0.25, 0.3) is 0 Å². The van der Waals surface area contributed by atoms with Gasteiger partial charge >= 0.3 is 5.97 Å². The van der Waals surface area contributed by atoms with E-state index in [1.165, 1.54) is 19.1 Å². The number of aliphatic carboxylic acids is 1. The molecule has 0 spiro atoms. The molecule has 9 heteroatoms. The van der Waals surface area contributed by atoms with E-state index >= 15 is 0 Å². The summed E-state index contributed by atoms with van der Waals surface area (Å²) in [5.74, 6) is -4.64. The summed E-state index contributed by atoms with van der Waals surface area (Å²) in [6.45, 7) is 1.38. The predicted molar refractivity (Wildman–Crippen MR) is 109 cm³/mol. The maximum atomic E-state index is 13.3. The number of amides is 2. The van der Waals surface area contributed by atoms with E-state index in [9.17, 15) is 24.6 Å². The third kappa shape index (κ3) is 2.94. The lowest BCUT2D eigenvalue weighted by atomic mass is 9.80. The highest BCUT2D eigenvalue weighted by Gasteiger charge is 2.67. The van der Waals surface area contributed by atoms with E-state index in [1.54, 1.807) is 30.3 Å². The van der Waals surface area contributed by atoms with Crippen LogP contribution in [0.1, 0.15) is 18.5 Å². The highest BCUT2D eigenvalue weighted by Crippen LogP contribution is 2.51. The molecule has 2 aromatic carbocycles. The number of carbonyl (C=O) groups excluding carboxylic acids is 2. The van der Waals surface area contributed by atoms with Crippen molar-refractivity contribution in [3.63, 3.8) is 0 Å². The minimum Gasteiger partial charge on any atom is -0.508 e. The molecule has 2 aliphatic rings. The number of nitrogens with one attached hydrogen (secondary N) is 1. The Balaban J connectivity index is 1.86. The second-order valence-electron chi connectivity index (χ2n) is 7.33. The number of anilines is 1. The summed E-state index contributed by atoms with van der Waals surface area (Å²) in [4.78, 5) is 39.7. The van der Waals surface area contributed by atoms with Crippen LogP contribution < -0.4 is 10.2 Å². The molecule has 0 saturated carbocycles. The summed E-state index contributed by atoms with van der Waals surface area (Å²) in [6.07, 6.45) is 0. The molecule has 2 amide bonds. The number of phenols is 1. The molecule has 2 aromatic rings. The van der Waals surface area contributed by atoms with E-state index in [4.69, 9.17) is 11.6 Å². The Labute approximate surface area is 179 Å². The topological polar surface area (TPSA) is 107 Å². The Morgan fingerprint density at radius 1 is 1.21 bits per heavy atom. The lowest BCUT2D eigenvalue weighted by Gasteiger charge is -2.27. The van der Waals surface area contributed by atoms with E-state index < -0.39 is 41.2 Å². The number of fused-ring (bicyclic) bond motifs is 1. The van der Waals surface area contributed by atoms with Crippen molar-refractivity contribution in [1.29, 1.82) is 0 Å². The van der Waals surface area contributed by atoms with Crippen LogP contribution in [0.15, 0.2) is 46.9 Å². The van der Waals surface area contributed by atoms with Gasteiger partial charge in [0.25, 0.3) is 0 Å². The summed E-state index contributed by atoms with van der Waals surface area (Å²) >= 11 is 9.34. The number of nitrogens with zero attached hydrogens (tertiary/aromatic N) is 1.